The van der Waals surface area contributed by atoms with Crippen LogP contribution < -0.4 is 10.1 Å². The molecule has 9 nitrogen and oxygen atoms in total. The number of rotatable bonds is 8. The zero-order valence-electron chi connectivity index (χ0n) is 19.2. The van der Waals surface area contributed by atoms with Gasteiger partial charge in [0.1, 0.15) is 5.01 Å². The number of thiazole rings is 1. The SMILES string of the molecule is COc1ccc(NC(=O)Cc2csc(-c3cccc(CN4CCN(C)CC4)c3)n2)cc1[N+](=O)[O-]. The number of aromatic nitrogens is 1. The van der Waals surface area contributed by atoms with Crippen LogP contribution in [0, 0.1) is 10.1 Å². The molecule has 0 aliphatic carbocycles. The first kappa shape index (κ1) is 23.8. The number of anilines is 1. The van der Waals surface area contributed by atoms with Crippen LogP contribution in [0.25, 0.3) is 10.6 Å². The summed E-state index contributed by atoms with van der Waals surface area (Å²) in [4.78, 5) is 32.6. The van der Waals surface area contributed by atoms with Gasteiger partial charge in [-0.1, -0.05) is 18.2 Å². The predicted octanol–water partition coefficient (Wildman–Crippen LogP) is 3.66. The van der Waals surface area contributed by atoms with E-state index >= 15 is 0 Å². The fourth-order valence-corrected chi connectivity index (χ4v) is 4.68. The summed E-state index contributed by atoms with van der Waals surface area (Å²) < 4.78 is 4.99. The van der Waals surface area contributed by atoms with Crippen LogP contribution >= 0.6 is 11.3 Å². The Hall–Kier alpha value is -3.34. The van der Waals surface area contributed by atoms with Crippen molar-refractivity contribution in [1.82, 2.24) is 14.8 Å². The number of benzene rings is 2. The Morgan fingerprint density at radius 1 is 1.21 bits per heavy atom. The average Bonchev–Trinajstić information content (AvgIpc) is 3.29. The maximum Gasteiger partial charge on any atom is 0.312 e. The number of nitrogens with zero attached hydrogens (tertiary/aromatic N) is 4. The third-order valence-corrected chi connectivity index (χ3v) is 6.67. The summed E-state index contributed by atoms with van der Waals surface area (Å²) in [7, 11) is 3.52. The van der Waals surface area contributed by atoms with Crippen molar-refractivity contribution >= 4 is 28.6 Å². The fourth-order valence-electron chi connectivity index (χ4n) is 3.87. The summed E-state index contributed by atoms with van der Waals surface area (Å²) in [5, 5.41) is 16.6. The summed E-state index contributed by atoms with van der Waals surface area (Å²) >= 11 is 1.50. The van der Waals surface area contributed by atoms with E-state index in [4.69, 9.17) is 4.74 Å². The maximum atomic E-state index is 12.5. The van der Waals surface area contributed by atoms with E-state index < -0.39 is 4.92 Å². The van der Waals surface area contributed by atoms with E-state index in [0.717, 1.165) is 43.3 Å². The molecule has 0 atom stereocenters. The minimum atomic E-state index is -0.543. The molecule has 1 saturated heterocycles. The molecular formula is C24H27N5O4S. The lowest BCUT2D eigenvalue weighted by Crippen LogP contribution is -2.43. The zero-order valence-corrected chi connectivity index (χ0v) is 20.0. The molecular weight excluding hydrogens is 454 g/mol. The van der Waals surface area contributed by atoms with Crippen LogP contribution in [-0.4, -0.2) is 66.0 Å². The molecule has 1 amide bonds. The second kappa shape index (κ2) is 10.7. The predicted molar refractivity (Wildman–Crippen MR) is 132 cm³/mol. The second-order valence-electron chi connectivity index (χ2n) is 8.29. The molecule has 1 N–H and O–H groups in total. The first-order chi connectivity index (χ1) is 16.4. The Bertz CT molecular complexity index is 1170. The number of carbonyl (C=O) groups excluding carboxylic acids is 1. The van der Waals surface area contributed by atoms with Crippen LogP contribution in [0.5, 0.6) is 5.75 Å². The largest absolute Gasteiger partial charge is 0.490 e. The lowest BCUT2D eigenvalue weighted by Gasteiger charge is -2.32. The van der Waals surface area contributed by atoms with Gasteiger partial charge in [-0.2, -0.15) is 0 Å². The molecule has 0 bridgehead atoms. The van der Waals surface area contributed by atoms with Crippen molar-refractivity contribution in [1.29, 1.82) is 0 Å². The van der Waals surface area contributed by atoms with Gasteiger partial charge in [0.15, 0.2) is 5.75 Å². The third kappa shape index (κ3) is 5.96. The van der Waals surface area contributed by atoms with E-state index in [2.05, 4.69) is 39.3 Å². The number of methoxy groups -OCH3 is 1. The molecule has 0 saturated carbocycles. The van der Waals surface area contributed by atoms with Gasteiger partial charge in [-0.05, 0) is 30.8 Å². The smallest absolute Gasteiger partial charge is 0.312 e. The molecule has 1 aromatic heterocycles. The van der Waals surface area contributed by atoms with E-state index in [0.29, 0.717) is 11.4 Å². The van der Waals surface area contributed by atoms with Crippen molar-refractivity contribution in [2.24, 2.45) is 0 Å². The molecule has 4 rings (SSSR count). The molecule has 34 heavy (non-hydrogen) atoms. The number of piperazine rings is 1. The van der Waals surface area contributed by atoms with Crippen molar-refractivity contribution in [3.8, 4) is 16.3 Å². The van der Waals surface area contributed by atoms with Gasteiger partial charge in [-0.3, -0.25) is 19.8 Å². The topological polar surface area (TPSA) is 101 Å². The monoisotopic (exact) mass is 481 g/mol. The van der Waals surface area contributed by atoms with E-state index in [1.54, 1.807) is 6.07 Å². The van der Waals surface area contributed by atoms with Crippen molar-refractivity contribution < 1.29 is 14.5 Å². The lowest BCUT2D eigenvalue weighted by atomic mass is 10.1. The summed E-state index contributed by atoms with van der Waals surface area (Å²) in [5.74, 6) is -0.151. The molecule has 0 radical (unpaired) electrons. The van der Waals surface area contributed by atoms with E-state index in [9.17, 15) is 14.9 Å². The number of carbonyl (C=O) groups is 1. The molecule has 1 aliphatic rings. The Morgan fingerprint density at radius 3 is 2.74 bits per heavy atom. The molecule has 178 valence electrons. The van der Waals surface area contributed by atoms with Gasteiger partial charge in [0, 0.05) is 55.4 Å². The molecule has 2 aromatic carbocycles. The Kier molecular flexibility index (Phi) is 7.51. The van der Waals surface area contributed by atoms with Gasteiger partial charge in [-0.15, -0.1) is 11.3 Å². The number of hydrogen-bond acceptors (Lipinski definition) is 8. The maximum absolute atomic E-state index is 12.5. The van der Waals surface area contributed by atoms with Gasteiger partial charge >= 0.3 is 5.69 Å². The highest BCUT2D eigenvalue weighted by Crippen LogP contribution is 2.30. The molecule has 1 fully saturated rings. The number of nitrogens with one attached hydrogen (secondary N) is 1. The number of nitro benzene ring substituents is 1. The third-order valence-electron chi connectivity index (χ3n) is 5.73. The highest BCUT2D eigenvalue weighted by atomic mass is 32.1. The highest BCUT2D eigenvalue weighted by molar-refractivity contribution is 7.13. The molecule has 0 spiro atoms. The quantitative estimate of drug-likeness (QED) is 0.387. The number of likely N-dealkylation sites (N-methyl/N-ethyl adjacent to an activating group) is 1. The highest BCUT2D eigenvalue weighted by Gasteiger charge is 2.17. The summed E-state index contributed by atoms with van der Waals surface area (Å²) in [6.07, 6.45) is 0.0807. The molecule has 10 heteroatoms. The Balaban J connectivity index is 1.38. The van der Waals surface area contributed by atoms with E-state index in [1.165, 1.54) is 36.1 Å². The summed E-state index contributed by atoms with van der Waals surface area (Å²) in [5.41, 5.74) is 3.08. The van der Waals surface area contributed by atoms with Crippen LogP contribution in [0.3, 0.4) is 0 Å². The fraction of sp³-hybridized carbons (Fsp3) is 0.333. The number of nitro groups is 1. The van der Waals surface area contributed by atoms with Crippen LogP contribution in [-0.2, 0) is 17.8 Å². The second-order valence-corrected chi connectivity index (χ2v) is 9.15. The van der Waals surface area contributed by atoms with Crippen molar-refractivity contribution in [2.45, 2.75) is 13.0 Å². The number of amides is 1. The van der Waals surface area contributed by atoms with Crippen molar-refractivity contribution in [2.75, 3.05) is 45.7 Å². The van der Waals surface area contributed by atoms with E-state index in [-0.39, 0.29) is 23.8 Å². The summed E-state index contributed by atoms with van der Waals surface area (Å²) in [6.45, 7) is 5.21. The van der Waals surface area contributed by atoms with Crippen LogP contribution in [0.2, 0.25) is 0 Å². The zero-order chi connectivity index (χ0) is 24.1. The first-order valence-electron chi connectivity index (χ1n) is 11.0. The Labute approximate surface area is 202 Å². The van der Waals surface area contributed by atoms with Crippen molar-refractivity contribution in [3.05, 3.63) is 69.2 Å². The van der Waals surface area contributed by atoms with Gasteiger partial charge in [0.05, 0.1) is 24.1 Å². The molecule has 0 unspecified atom stereocenters. The van der Waals surface area contributed by atoms with Gasteiger partial charge in [0.2, 0.25) is 5.91 Å². The molecule has 1 aliphatic heterocycles. The molecule has 3 aromatic rings. The average molecular weight is 482 g/mol. The summed E-state index contributed by atoms with van der Waals surface area (Å²) in [6, 6.07) is 12.7. The van der Waals surface area contributed by atoms with Crippen molar-refractivity contribution in [3.63, 3.8) is 0 Å². The minimum absolute atomic E-state index is 0.0807. The minimum Gasteiger partial charge on any atom is -0.490 e. The van der Waals surface area contributed by atoms with E-state index in [1.807, 2.05) is 17.5 Å². The van der Waals surface area contributed by atoms with Crippen LogP contribution in [0.4, 0.5) is 11.4 Å². The standard InChI is InChI=1S/C24H27N5O4S/c1-27-8-10-28(11-9-27)15-17-4-3-5-18(12-17)24-26-20(16-34-24)14-23(30)25-19-6-7-22(33-2)21(13-19)29(31)32/h3-7,12-13,16H,8-11,14-15H2,1-2H3,(H,25,30). The van der Waals surface area contributed by atoms with Gasteiger partial charge < -0.3 is 15.0 Å². The van der Waals surface area contributed by atoms with Gasteiger partial charge in [0.25, 0.3) is 0 Å². The molecule has 2 heterocycles. The number of hydrogen-bond donors (Lipinski definition) is 1. The normalized spacial score (nSPS) is 14.6. The van der Waals surface area contributed by atoms with Crippen LogP contribution in [0.15, 0.2) is 47.8 Å². The lowest BCUT2D eigenvalue weighted by molar-refractivity contribution is -0.385. The van der Waals surface area contributed by atoms with Crippen LogP contribution in [0.1, 0.15) is 11.3 Å². The van der Waals surface area contributed by atoms with Gasteiger partial charge in [-0.25, -0.2) is 4.98 Å². The Morgan fingerprint density at radius 2 is 2.00 bits per heavy atom. The number of ether oxygens (including phenoxy) is 1. The first-order valence-corrected chi connectivity index (χ1v) is 11.9.